The van der Waals surface area contributed by atoms with Crippen LogP contribution in [-0.2, 0) is 9.59 Å². The molecule has 1 aromatic carbocycles. The standard InChI is InChI=1S/C12H13NO4/c14-10(12(16)17)8-13-11(15)7-6-9-4-2-1-3-5-9/h1-7,10,14H,8H2,(H,13,15)(H,16,17)/b7-6+/t10-/m0/s1. The molecule has 0 spiro atoms. The van der Waals surface area contributed by atoms with Gasteiger partial charge < -0.3 is 15.5 Å². The third kappa shape index (κ3) is 4.94. The largest absolute Gasteiger partial charge is 0.479 e. The highest BCUT2D eigenvalue weighted by Crippen LogP contribution is 2.00. The molecule has 0 aromatic heterocycles. The summed E-state index contributed by atoms with van der Waals surface area (Å²) in [5.41, 5.74) is 0.862. The fraction of sp³-hybridized carbons (Fsp3) is 0.167. The lowest BCUT2D eigenvalue weighted by Crippen LogP contribution is -2.35. The van der Waals surface area contributed by atoms with Crippen LogP contribution in [0.25, 0.3) is 6.08 Å². The van der Waals surface area contributed by atoms with Gasteiger partial charge >= 0.3 is 5.97 Å². The number of rotatable bonds is 5. The van der Waals surface area contributed by atoms with Crippen LogP contribution in [0.5, 0.6) is 0 Å². The Kier molecular flexibility index (Phi) is 4.90. The van der Waals surface area contributed by atoms with Crippen molar-refractivity contribution in [1.82, 2.24) is 5.32 Å². The second-order valence-corrected chi connectivity index (χ2v) is 3.34. The van der Waals surface area contributed by atoms with Gasteiger partial charge in [-0.25, -0.2) is 4.79 Å². The average molecular weight is 235 g/mol. The third-order valence-electron chi connectivity index (χ3n) is 1.98. The molecule has 0 fully saturated rings. The molecule has 17 heavy (non-hydrogen) atoms. The van der Waals surface area contributed by atoms with Crippen LogP contribution in [0.15, 0.2) is 36.4 Å². The van der Waals surface area contributed by atoms with E-state index in [1.807, 2.05) is 30.3 Å². The molecule has 0 aliphatic carbocycles. The van der Waals surface area contributed by atoms with Gasteiger partial charge in [0.15, 0.2) is 6.10 Å². The van der Waals surface area contributed by atoms with Crippen LogP contribution in [-0.4, -0.2) is 34.7 Å². The van der Waals surface area contributed by atoms with E-state index in [0.717, 1.165) is 5.56 Å². The van der Waals surface area contributed by atoms with Crippen molar-refractivity contribution in [3.8, 4) is 0 Å². The lowest BCUT2D eigenvalue weighted by atomic mass is 10.2. The summed E-state index contributed by atoms with van der Waals surface area (Å²) < 4.78 is 0. The van der Waals surface area contributed by atoms with Crippen molar-refractivity contribution < 1.29 is 19.8 Å². The maximum absolute atomic E-state index is 11.2. The molecule has 1 atom stereocenters. The SMILES string of the molecule is O=C(/C=C/c1ccccc1)NC[C@H](O)C(=O)O. The van der Waals surface area contributed by atoms with Gasteiger partial charge in [-0.3, -0.25) is 4.79 Å². The van der Waals surface area contributed by atoms with Gasteiger partial charge in [0.05, 0.1) is 6.54 Å². The van der Waals surface area contributed by atoms with E-state index in [0.29, 0.717) is 0 Å². The highest BCUT2D eigenvalue weighted by molar-refractivity contribution is 5.92. The van der Waals surface area contributed by atoms with Gasteiger partial charge in [0.1, 0.15) is 0 Å². The second kappa shape index (κ2) is 6.44. The topological polar surface area (TPSA) is 86.6 Å². The number of carbonyl (C=O) groups excluding carboxylic acids is 1. The van der Waals surface area contributed by atoms with E-state index in [1.54, 1.807) is 6.08 Å². The number of aliphatic carboxylic acids is 1. The zero-order chi connectivity index (χ0) is 12.7. The minimum atomic E-state index is -1.58. The molecule has 0 saturated heterocycles. The van der Waals surface area contributed by atoms with Gasteiger partial charge in [-0.15, -0.1) is 0 Å². The van der Waals surface area contributed by atoms with Crippen molar-refractivity contribution in [3.05, 3.63) is 42.0 Å². The molecule has 5 heteroatoms. The highest BCUT2D eigenvalue weighted by atomic mass is 16.4. The maximum Gasteiger partial charge on any atom is 0.334 e. The first kappa shape index (κ1) is 12.9. The minimum absolute atomic E-state index is 0.312. The normalized spacial score (nSPS) is 12.3. The van der Waals surface area contributed by atoms with E-state index in [-0.39, 0.29) is 6.54 Å². The number of hydrogen-bond acceptors (Lipinski definition) is 3. The predicted molar refractivity (Wildman–Crippen MR) is 62.1 cm³/mol. The summed E-state index contributed by atoms with van der Waals surface area (Å²) in [6, 6.07) is 9.20. The summed E-state index contributed by atoms with van der Waals surface area (Å²) in [4.78, 5) is 21.5. The molecule has 0 heterocycles. The Morgan fingerprint density at radius 3 is 2.53 bits per heavy atom. The lowest BCUT2D eigenvalue weighted by Gasteiger charge is -2.05. The molecular formula is C12H13NO4. The first-order valence-corrected chi connectivity index (χ1v) is 5.01. The van der Waals surface area contributed by atoms with E-state index in [4.69, 9.17) is 10.2 Å². The third-order valence-corrected chi connectivity index (χ3v) is 1.98. The Balaban J connectivity index is 2.40. The molecular weight excluding hydrogens is 222 g/mol. The summed E-state index contributed by atoms with van der Waals surface area (Å²) in [5, 5.41) is 19.6. The average Bonchev–Trinajstić information content (AvgIpc) is 2.34. The van der Waals surface area contributed by atoms with Crippen LogP contribution in [0.1, 0.15) is 5.56 Å². The number of aliphatic hydroxyl groups excluding tert-OH is 1. The number of amides is 1. The molecule has 1 rings (SSSR count). The predicted octanol–water partition coefficient (Wildman–Crippen LogP) is 0.261. The molecule has 0 saturated carbocycles. The van der Waals surface area contributed by atoms with Gasteiger partial charge in [0, 0.05) is 6.08 Å². The number of aliphatic hydroxyl groups is 1. The Hall–Kier alpha value is -2.14. The van der Waals surface area contributed by atoms with Crippen LogP contribution in [0.3, 0.4) is 0 Å². The number of carboxylic acid groups (broad SMARTS) is 1. The fourth-order valence-corrected chi connectivity index (χ4v) is 1.08. The first-order chi connectivity index (χ1) is 8.09. The van der Waals surface area contributed by atoms with Crippen LogP contribution >= 0.6 is 0 Å². The van der Waals surface area contributed by atoms with Crippen molar-refractivity contribution in [2.75, 3.05) is 6.54 Å². The second-order valence-electron chi connectivity index (χ2n) is 3.34. The van der Waals surface area contributed by atoms with Crippen molar-refractivity contribution in [2.24, 2.45) is 0 Å². The highest BCUT2D eigenvalue weighted by Gasteiger charge is 2.12. The lowest BCUT2D eigenvalue weighted by molar-refractivity contribution is -0.146. The Bertz CT molecular complexity index is 414. The van der Waals surface area contributed by atoms with Gasteiger partial charge in [-0.05, 0) is 11.6 Å². The molecule has 0 aliphatic rings. The molecule has 1 amide bonds. The summed E-state index contributed by atoms with van der Waals surface area (Å²) >= 11 is 0. The van der Waals surface area contributed by atoms with E-state index >= 15 is 0 Å². The summed E-state index contributed by atoms with van der Waals surface area (Å²) in [6.07, 6.45) is 1.30. The minimum Gasteiger partial charge on any atom is -0.479 e. The molecule has 0 unspecified atom stereocenters. The quantitative estimate of drug-likeness (QED) is 0.639. The van der Waals surface area contributed by atoms with Crippen molar-refractivity contribution in [2.45, 2.75) is 6.10 Å². The monoisotopic (exact) mass is 235 g/mol. The van der Waals surface area contributed by atoms with Crippen LogP contribution in [0, 0.1) is 0 Å². The number of nitrogens with one attached hydrogen (secondary N) is 1. The van der Waals surface area contributed by atoms with Crippen molar-refractivity contribution in [3.63, 3.8) is 0 Å². The molecule has 1 aromatic rings. The van der Waals surface area contributed by atoms with E-state index < -0.39 is 18.0 Å². The number of carbonyl (C=O) groups is 2. The maximum atomic E-state index is 11.2. The van der Waals surface area contributed by atoms with Gasteiger partial charge in [0.25, 0.3) is 0 Å². The zero-order valence-corrected chi connectivity index (χ0v) is 9.04. The van der Waals surface area contributed by atoms with E-state index in [2.05, 4.69) is 5.32 Å². The van der Waals surface area contributed by atoms with E-state index in [9.17, 15) is 9.59 Å². The Morgan fingerprint density at radius 2 is 1.94 bits per heavy atom. The smallest absolute Gasteiger partial charge is 0.334 e. The Morgan fingerprint density at radius 1 is 1.29 bits per heavy atom. The Labute approximate surface area is 98.4 Å². The molecule has 3 N–H and O–H groups in total. The summed E-state index contributed by atoms with van der Waals surface area (Å²) in [6.45, 7) is -0.312. The summed E-state index contributed by atoms with van der Waals surface area (Å²) in [7, 11) is 0. The van der Waals surface area contributed by atoms with Crippen molar-refractivity contribution >= 4 is 18.0 Å². The zero-order valence-electron chi connectivity index (χ0n) is 9.04. The van der Waals surface area contributed by atoms with Crippen molar-refractivity contribution in [1.29, 1.82) is 0 Å². The molecule has 0 bridgehead atoms. The summed E-state index contributed by atoms with van der Waals surface area (Å²) in [5.74, 6) is -1.81. The molecule has 0 aliphatic heterocycles. The number of benzene rings is 1. The van der Waals surface area contributed by atoms with E-state index in [1.165, 1.54) is 6.08 Å². The number of carboxylic acids is 1. The fourth-order valence-electron chi connectivity index (χ4n) is 1.08. The number of hydrogen-bond donors (Lipinski definition) is 3. The van der Waals surface area contributed by atoms with Gasteiger partial charge in [-0.1, -0.05) is 30.3 Å². The molecule has 5 nitrogen and oxygen atoms in total. The molecule has 90 valence electrons. The van der Waals surface area contributed by atoms with Gasteiger partial charge in [-0.2, -0.15) is 0 Å². The first-order valence-electron chi connectivity index (χ1n) is 5.01. The van der Waals surface area contributed by atoms with Gasteiger partial charge in [0.2, 0.25) is 5.91 Å². The van der Waals surface area contributed by atoms with Crippen LogP contribution in [0.4, 0.5) is 0 Å². The van der Waals surface area contributed by atoms with Crippen LogP contribution in [0.2, 0.25) is 0 Å². The molecule has 0 radical (unpaired) electrons. The van der Waals surface area contributed by atoms with Crippen LogP contribution < -0.4 is 5.32 Å².